The van der Waals surface area contributed by atoms with E-state index in [0.29, 0.717) is 6.54 Å². The minimum Gasteiger partial charge on any atom is -0.380 e. The number of nitrogens with two attached hydrogens (primary N) is 1. The maximum atomic E-state index is 13.7. The van der Waals surface area contributed by atoms with Crippen molar-refractivity contribution in [2.45, 2.75) is 25.5 Å². The van der Waals surface area contributed by atoms with Crippen molar-refractivity contribution < 1.29 is 9.13 Å². The van der Waals surface area contributed by atoms with Crippen LogP contribution in [-0.4, -0.2) is 38.3 Å². The van der Waals surface area contributed by atoms with Gasteiger partial charge in [-0.3, -0.25) is 4.90 Å². The Labute approximate surface area is 109 Å². The van der Waals surface area contributed by atoms with Gasteiger partial charge in [-0.2, -0.15) is 0 Å². The van der Waals surface area contributed by atoms with Crippen LogP contribution in [0.25, 0.3) is 0 Å². The highest BCUT2D eigenvalue weighted by Crippen LogP contribution is 2.21. The van der Waals surface area contributed by atoms with Gasteiger partial charge in [0, 0.05) is 31.8 Å². The van der Waals surface area contributed by atoms with Crippen LogP contribution in [0.1, 0.15) is 24.9 Å². The van der Waals surface area contributed by atoms with Crippen molar-refractivity contribution in [3.8, 4) is 0 Å². The summed E-state index contributed by atoms with van der Waals surface area (Å²) in [6.07, 6.45) is 0.919. The van der Waals surface area contributed by atoms with Crippen LogP contribution in [0.2, 0.25) is 0 Å². The van der Waals surface area contributed by atoms with Crippen molar-refractivity contribution in [2.75, 3.05) is 27.2 Å². The fraction of sp³-hybridized carbons (Fsp3) is 0.571. The Kier molecular flexibility index (Phi) is 6.25. The van der Waals surface area contributed by atoms with E-state index < -0.39 is 0 Å². The molecule has 1 aromatic carbocycles. The standard InChI is InChI=1S/C14H23FN2O/c1-11(13-6-4-5-7-14(13)15)17(2)9-8-12(10-16)18-3/h4-7,11-12H,8-10,16H2,1-3H3. The van der Waals surface area contributed by atoms with Crippen molar-refractivity contribution in [1.29, 1.82) is 0 Å². The first kappa shape index (κ1) is 15.1. The Balaban J connectivity index is 2.56. The van der Waals surface area contributed by atoms with Gasteiger partial charge in [-0.1, -0.05) is 18.2 Å². The Morgan fingerprint density at radius 2 is 2.06 bits per heavy atom. The van der Waals surface area contributed by atoms with Gasteiger partial charge in [0.15, 0.2) is 0 Å². The molecule has 2 unspecified atom stereocenters. The van der Waals surface area contributed by atoms with Crippen LogP contribution in [0.5, 0.6) is 0 Å². The molecular weight excluding hydrogens is 231 g/mol. The summed E-state index contributed by atoms with van der Waals surface area (Å²) in [6.45, 7) is 3.34. The van der Waals surface area contributed by atoms with Gasteiger partial charge in [-0.15, -0.1) is 0 Å². The molecule has 4 heteroatoms. The molecule has 18 heavy (non-hydrogen) atoms. The topological polar surface area (TPSA) is 38.5 Å². The molecule has 0 radical (unpaired) electrons. The van der Waals surface area contributed by atoms with E-state index in [-0.39, 0.29) is 18.0 Å². The normalized spacial score (nSPS) is 14.8. The van der Waals surface area contributed by atoms with E-state index in [1.54, 1.807) is 13.2 Å². The second kappa shape index (κ2) is 7.46. The van der Waals surface area contributed by atoms with Gasteiger partial charge in [0.1, 0.15) is 5.82 Å². The van der Waals surface area contributed by atoms with Crippen LogP contribution < -0.4 is 5.73 Å². The first-order valence-corrected chi connectivity index (χ1v) is 6.27. The van der Waals surface area contributed by atoms with E-state index in [1.165, 1.54) is 6.07 Å². The summed E-state index contributed by atoms with van der Waals surface area (Å²) in [4.78, 5) is 2.11. The van der Waals surface area contributed by atoms with Crippen LogP contribution >= 0.6 is 0 Å². The van der Waals surface area contributed by atoms with Crippen molar-refractivity contribution in [3.05, 3.63) is 35.6 Å². The number of benzene rings is 1. The summed E-state index contributed by atoms with van der Waals surface area (Å²) >= 11 is 0. The van der Waals surface area contributed by atoms with Gasteiger partial charge >= 0.3 is 0 Å². The molecule has 0 fully saturated rings. The summed E-state index contributed by atoms with van der Waals surface area (Å²) in [5.74, 6) is -0.154. The summed E-state index contributed by atoms with van der Waals surface area (Å²) < 4.78 is 18.9. The molecule has 0 aliphatic heterocycles. The summed E-state index contributed by atoms with van der Waals surface area (Å²) in [5, 5.41) is 0. The van der Waals surface area contributed by atoms with E-state index in [9.17, 15) is 4.39 Å². The molecule has 0 spiro atoms. The third-order valence-electron chi connectivity index (χ3n) is 3.42. The van der Waals surface area contributed by atoms with E-state index >= 15 is 0 Å². The Hall–Kier alpha value is -0.970. The molecule has 102 valence electrons. The van der Waals surface area contributed by atoms with Crippen LogP contribution in [0.15, 0.2) is 24.3 Å². The average Bonchev–Trinajstić information content (AvgIpc) is 2.39. The molecule has 0 amide bonds. The predicted molar refractivity (Wildman–Crippen MR) is 71.9 cm³/mol. The molecular formula is C14H23FN2O. The average molecular weight is 254 g/mol. The largest absolute Gasteiger partial charge is 0.380 e. The monoisotopic (exact) mass is 254 g/mol. The molecule has 3 nitrogen and oxygen atoms in total. The van der Waals surface area contributed by atoms with Crippen LogP contribution in [0.3, 0.4) is 0 Å². The molecule has 2 N–H and O–H groups in total. The van der Waals surface area contributed by atoms with Gasteiger partial charge in [0.2, 0.25) is 0 Å². The summed E-state index contributed by atoms with van der Waals surface area (Å²) in [6, 6.07) is 6.94. The smallest absolute Gasteiger partial charge is 0.127 e. The minimum absolute atomic E-state index is 0.0430. The maximum absolute atomic E-state index is 13.7. The highest BCUT2D eigenvalue weighted by Gasteiger charge is 2.16. The Morgan fingerprint density at radius 1 is 1.39 bits per heavy atom. The van der Waals surface area contributed by atoms with Gasteiger partial charge in [-0.25, -0.2) is 4.39 Å². The lowest BCUT2D eigenvalue weighted by Gasteiger charge is -2.26. The van der Waals surface area contributed by atoms with Crippen molar-refractivity contribution in [1.82, 2.24) is 4.90 Å². The fourth-order valence-corrected chi connectivity index (χ4v) is 1.92. The third-order valence-corrected chi connectivity index (χ3v) is 3.42. The van der Waals surface area contributed by atoms with Gasteiger partial charge in [-0.05, 0) is 26.5 Å². The van der Waals surface area contributed by atoms with E-state index in [0.717, 1.165) is 18.5 Å². The number of nitrogens with zero attached hydrogens (tertiary/aromatic N) is 1. The van der Waals surface area contributed by atoms with E-state index in [4.69, 9.17) is 10.5 Å². The fourth-order valence-electron chi connectivity index (χ4n) is 1.92. The van der Waals surface area contributed by atoms with Gasteiger partial charge < -0.3 is 10.5 Å². The molecule has 0 heterocycles. The Morgan fingerprint density at radius 3 is 2.61 bits per heavy atom. The molecule has 0 aromatic heterocycles. The van der Waals surface area contributed by atoms with Crippen LogP contribution in [0.4, 0.5) is 4.39 Å². The zero-order valence-corrected chi connectivity index (χ0v) is 11.4. The Bertz CT molecular complexity index is 355. The van der Waals surface area contributed by atoms with Gasteiger partial charge in [0.25, 0.3) is 0 Å². The zero-order valence-electron chi connectivity index (χ0n) is 11.4. The predicted octanol–water partition coefficient (Wildman–Crippen LogP) is 2.18. The second-order valence-corrected chi connectivity index (χ2v) is 4.56. The summed E-state index contributed by atoms with van der Waals surface area (Å²) in [5.41, 5.74) is 6.30. The second-order valence-electron chi connectivity index (χ2n) is 4.56. The summed E-state index contributed by atoms with van der Waals surface area (Å²) in [7, 11) is 3.65. The molecule has 2 atom stereocenters. The highest BCUT2D eigenvalue weighted by molar-refractivity contribution is 5.20. The molecule has 0 saturated heterocycles. The molecule has 0 saturated carbocycles. The molecule has 1 aromatic rings. The third kappa shape index (κ3) is 4.05. The number of rotatable bonds is 7. The molecule has 1 rings (SSSR count). The van der Waals surface area contributed by atoms with Crippen molar-refractivity contribution >= 4 is 0 Å². The maximum Gasteiger partial charge on any atom is 0.127 e. The number of halogens is 1. The number of methoxy groups -OCH3 is 1. The van der Waals surface area contributed by atoms with Crippen LogP contribution in [0, 0.1) is 5.82 Å². The number of ether oxygens (including phenoxy) is 1. The molecule has 0 aliphatic rings. The quantitative estimate of drug-likeness (QED) is 0.810. The van der Waals surface area contributed by atoms with Gasteiger partial charge in [0.05, 0.1) is 6.10 Å². The lowest BCUT2D eigenvalue weighted by atomic mass is 10.1. The van der Waals surface area contributed by atoms with Crippen LogP contribution in [-0.2, 0) is 4.74 Å². The lowest BCUT2D eigenvalue weighted by Crippen LogP contribution is -2.30. The SMILES string of the molecule is COC(CN)CCN(C)C(C)c1ccccc1F. The van der Waals surface area contributed by atoms with Crippen molar-refractivity contribution in [3.63, 3.8) is 0 Å². The molecule has 0 bridgehead atoms. The highest BCUT2D eigenvalue weighted by atomic mass is 19.1. The molecule has 0 aliphatic carbocycles. The minimum atomic E-state index is -0.154. The van der Waals surface area contributed by atoms with E-state index in [1.807, 2.05) is 26.1 Å². The van der Waals surface area contributed by atoms with E-state index in [2.05, 4.69) is 4.90 Å². The number of hydrogen-bond donors (Lipinski definition) is 1. The zero-order chi connectivity index (χ0) is 13.5. The lowest BCUT2D eigenvalue weighted by molar-refractivity contribution is 0.0879. The first-order chi connectivity index (χ1) is 8.60. The number of hydrogen-bond acceptors (Lipinski definition) is 3. The first-order valence-electron chi connectivity index (χ1n) is 6.27. The van der Waals surface area contributed by atoms with Crippen molar-refractivity contribution in [2.24, 2.45) is 5.73 Å².